The summed E-state index contributed by atoms with van der Waals surface area (Å²) in [6, 6.07) is 0. The van der Waals surface area contributed by atoms with Crippen LogP contribution in [0, 0.1) is 0 Å². The smallest absolute Gasteiger partial charge is 0.548 e. The van der Waals surface area contributed by atoms with Crippen LogP contribution >= 0.6 is 0 Å². The number of hydrogen-bond acceptors (Lipinski definition) is 16. The van der Waals surface area contributed by atoms with E-state index in [4.69, 9.17) is 66.3 Å². The van der Waals surface area contributed by atoms with Gasteiger partial charge in [-0.25, -0.2) is 0 Å². The maximum Gasteiger partial charge on any atom is 1.00 e. The molecule has 0 atom stereocenters. The van der Waals surface area contributed by atoms with Gasteiger partial charge in [-0.1, -0.05) is 64.7 Å². The molecule has 0 aliphatic rings. The Kier molecular flexibility index (Phi) is 57.9. The van der Waals surface area contributed by atoms with Crippen molar-refractivity contribution in [2.24, 2.45) is 0 Å². The Morgan fingerprint density at radius 1 is 0.281 bits per heavy atom. The van der Waals surface area contributed by atoms with E-state index < -0.39 is 12.6 Å². The van der Waals surface area contributed by atoms with Gasteiger partial charge in [-0.15, -0.1) is 0 Å². The third-order valence-corrected chi connectivity index (χ3v) is 7.70. The summed E-state index contributed by atoms with van der Waals surface area (Å²) >= 11 is 0. The molecule has 0 aliphatic carbocycles. The van der Waals surface area contributed by atoms with Crippen molar-refractivity contribution in [3.63, 3.8) is 0 Å². The summed E-state index contributed by atoms with van der Waals surface area (Å²) in [5.74, 6) is -1.25. The van der Waals surface area contributed by atoms with E-state index in [1.165, 1.54) is 57.8 Å². The molecule has 57 heavy (non-hydrogen) atoms. The zero-order valence-corrected chi connectivity index (χ0v) is 37.9. The zero-order chi connectivity index (χ0) is 40.3. The first kappa shape index (κ1) is 59.0. The molecule has 336 valence electrons. The normalized spacial score (nSPS) is 11.4. The van der Waals surface area contributed by atoms with Gasteiger partial charge in [0.1, 0.15) is 0 Å². The van der Waals surface area contributed by atoms with Crippen molar-refractivity contribution in [3.05, 3.63) is 0 Å². The zero-order valence-electron chi connectivity index (χ0n) is 35.9. The summed E-state index contributed by atoms with van der Waals surface area (Å²) in [4.78, 5) is 10.2. The number of carbonyl (C=O) groups is 1. The molecule has 0 aromatic heterocycles. The predicted octanol–water partition coefficient (Wildman–Crippen LogP) is -0.106. The Bertz CT molecular complexity index is 731. The molecule has 0 amide bonds. The molecule has 0 fully saturated rings. The van der Waals surface area contributed by atoms with Crippen molar-refractivity contribution in [2.45, 2.75) is 71.1 Å². The number of ether oxygens (including phenoxy) is 14. The van der Waals surface area contributed by atoms with Gasteiger partial charge in [0.2, 0.25) is 0 Å². The minimum atomic E-state index is -1.25. The average molecular weight is 839 g/mol. The van der Waals surface area contributed by atoms with Crippen LogP contribution in [-0.4, -0.2) is 191 Å². The number of carboxylic acid groups (broad SMARTS) is 1. The van der Waals surface area contributed by atoms with Gasteiger partial charge >= 0.3 is 29.6 Å². The van der Waals surface area contributed by atoms with Gasteiger partial charge in [-0.3, -0.25) is 0 Å². The fourth-order valence-electron chi connectivity index (χ4n) is 4.71. The molecule has 17 heteroatoms. The molecule has 0 N–H and O–H groups in total. The maximum atomic E-state index is 10.2. The van der Waals surface area contributed by atoms with Crippen LogP contribution in [0.25, 0.3) is 0 Å². The van der Waals surface area contributed by atoms with Gasteiger partial charge in [0.15, 0.2) is 0 Å². The number of carboxylic acids is 1. The van der Waals surface area contributed by atoms with E-state index in [2.05, 4.69) is 6.92 Å². The van der Waals surface area contributed by atoms with Crippen molar-refractivity contribution < 1.29 is 106 Å². The number of carbonyl (C=O) groups excluding carboxylic acids is 1. The fraction of sp³-hybridized carbons (Fsp3) is 0.975. The Labute approximate surface area is 366 Å². The fourth-order valence-corrected chi connectivity index (χ4v) is 4.71. The van der Waals surface area contributed by atoms with Gasteiger partial charge < -0.3 is 76.2 Å². The first-order valence-electron chi connectivity index (χ1n) is 21.1. The third-order valence-electron chi connectivity index (χ3n) is 7.70. The van der Waals surface area contributed by atoms with Crippen LogP contribution in [0.5, 0.6) is 0 Å². The van der Waals surface area contributed by atoms with E-state index >= 15 is 0 Å². The molecule has 0 saturated carbocycles. The third kappa shape index (κ3) is 58.0. The number of unbranched alkanes of at least 4 members (excludes halogenated alkanes) is 9. The number of rotatable bonds is 52. The van der Waals surface area contributed by atoms with Crippen molar-refractivity contribution >= 4 is 5.97 Å². The van der Waals surface area contributed by atoms with Crippen LogP contribution in [0.1, 0.15) is 71.1 Å². The molecule has 0 aromatic rings. The summed E-state index contributed by atoms with van der Waals surface area (Å²) in [5.41, 5.74) is 0. The van der Waals surface area contributed by atoms with Crippen LogP contribution in [0.3, 0.4) is 0 Å². The van der Waals surface area contributed by atoms with Crippen LogP contribution < -0.4 is 34.7 Å². The van der Waals surface area contributed by atoms with E-state index in [-0.39, 0.29) is 36.2 Å². The van der Waals surface area contributed by atoms with Crippen molar-refractivity contribution in [3.8, 4) is 0 Å². The summed E-state index contributed by atoms with van der Waals surface area (Å²) in [6.07, 6.45) is 13.4. The molecular formula is C40H79NaO16. The topological polar surface area (TPSA) is 169 Å². The molecule has 0 aliphatic heterocycles. The van der Waals surface area contributed by atoms with Gasteiger partial charge in [0, 0.05) is 6.61 Å². The van der Waals surface area contributed by atoms with E-state index in [0.717, 1.165) is 13.0 Å². The van der Waals surface area contributed by atoms with E-state index in [1.807, 2.05) is 0 Å². The van der Waals surface area contributed by atoms with Crippen molar-refractivity contribution in [1.29, 1.82) is 0 Å². The largest absolute Gasteiger partial charge is 1.00 e. The van der Waals surface area contributed by atoms with E-state index in [9.17, 15) is 9.90 Å². The molecular weight excluding hydrogens is 759 g/mol. The first-order chi connectivity index (χ1) is 27.8. The van der Waals surface area contributed by atoms with Crippen LogP contribution in [-0.2, 0) is 71.1 Å². The van der Waals surface area contributed by atoms with Crippen LogP contribution in [0.4, 0.5) is 0 Å². The molecule has 0 radical (unpaired) electrons. The minimum Gasteiger partial charge on any atom is -0.548 e. The monoisotopic (exact) mass is 839 g/mol. The Hall–Kier alpha value is -0.0900. The summed E-state index contributed by atoms with van der Waals surface area (Å²) in [5, 5.41) is 10.2. The minimum absolute atomic E-state index is 0. The van der Waals surface area contributed by atoms with Crippen molar-refractivity contribution in [1.82, 2.24) is 0 Å². The van der Waals surface area contributed by atoms with Gasteiger partial charge in [-0.2, -0.15) is 0 Å². The summed E-state index contributed by atoms with van der Waals surface area (Å²) in [6.45, 7) is 15.2. The molecule has 0 aromatic carbocycles. The molecule has 0 bridgehead atoms. The first-order valence-corrected chi connectivity index (χ1v) is 21.1. The Morgan fingerprint density at radius 3 is 0.667 bits per heavy atom. The van der Waals surface area contributed by atoms with Gasteiger partial charge in [-0.05, 0) is 6.42 Å². The van der Waals surface area contributed by atoms with Crippen molar-refractivity contribution in [2.75, 3.05) is 185 Å². The Morgan fingerprint density at radius 2 is 0.456 bits per heavy atom. The van der Waals surface area contributed by atoms with Crippen LogP contribution in [0.2, 0.25) is 0 Å². The molecule has 0 heterocycles. The molecule has 0 spiro atoms. The SMILES string of the molecule is CCCCCCCCCCCCOCCOCCOCCOCCOCCOCCOCCOCCOCCOCCOCCOCCOCCOCC(=O)[O-].[Na+]. The molecule has 0 rings (SSSR count). The second-order valence-electron chi connectivity index (χ2n) is 12.6. The van der Waals surface area contributed by atoms with E-state index in [0.29, 0.717) is 165 Å². The second kappa shape index (κ2) is 55.9. The molecule has 16 nitrogen and oxygen atoms in total. The molecule has 0 unspecified atom stereocenters. The number of hydrogen-bond donors (Lipinski definition) is 0. The number of aliphatic carboxylic acids is 1. The van der Waals surface area contributed by atoms with Gasteiger partial charge in [0.25, 0.3) is 0 Å². The maximum absolute atomic E-state index is 10.2. The Balaban J connectivity index is 0. The van der Waals surface area contributed by atoms with E-state index in [1.54, 1.807) is 0 Å². The average Bonchev–Trinajstić information content (AvgIpc) is 3.20. The second-order valence-corrected chi connectivity index (χ2v) is 12.6. The predicted molar refractivity (Wildman–Crippen MR) is 208 cm³/mol. The standard InChI is InChI=1S/C40H80O16.Na/c1-2-3-4-5-6-7-8-9-10-11-12-43-13-14-44-15-16-45-17-18-46-19-20-47-21-22-48-23-24-49-25-26-50-27-28-51-29-30-52-31-32-53-33-34-54-35-36-55-37-38-56-39-40(41)42;/h2-39H2,1H3,(H,41,42);/q;+1/p-1. The molecule has 0 saturated heterocycles. The van der Waals surface area contributed by atoms with Gasteiger partial charge in [0.05, 0.1) is 184 Å². The quantitative estimate of drug-likeness (QED) is 0.0588. The van der Waals surface area contributed by atoms with Crippen LogP contribution in [0.15, 0.2) is 0 Å². The summed E-state index contributed by atoms with van der Waals surface area (Å²) in [7, 11) is 0. The summed E-state index contributed by atoms with van der Waals surface area (Å²) < 4.78 is 76.0.